The van der Waals surface area contributed by atoms with Gasteiger partial charge in [0, 0.05) is 17.1 Å². The minimum Gasteiger partial charge on any atom is -0.382 e. The molecule has 0 aliphatic carbocycles. The number of hydrogen-bond donors (Lipinski definition) is 2. The van der Waals surface area contributed by atoms with Crippen LogP contribution in [0.2, 0.25) is 0 Å². The third kappa shape index (κ3) is 1.98. The van der Waals surface area contributed by atoms with Crippen LogP contribution in [-0.2, 0) is 0 Å². The number of anilines is 1. The Hall–Kier alpha value is -2.66. The van der Waals surface area contributed by atoms with Gasteiger partial charge < -0.3 is 5.73 Å². The number of thiophene rings is 1. The van der Waals surface area contributed by atoms with E-state index in [0.717, 1.165) is 21.7 Å². The SMILES string of the molecule is Nc1n[nH]c(-c2cc3ccccc3s2)c1-c1ccncc1. The van der Waals surface area contributed by atoms with E-state index in [9.17, 15) is 0 Å². The average molecular weight is 292 g/mol. The van der Waals surface area contributed by atoms with Gasteiger partial charge in [-0.15, -0.1) is 11.3 Å². The highest BCUT2D eigenvalue weighted by molar-refractivity contribution is 7.22. The quantitative estimate of drug-likeness (QED) is 0.588. The van der Waals surface area contributed by atoms with E-state index < -0.39 is 0 Å². The first-order valence-electron chi connectivity index (χ1n) is 6.56. The number of fused-ring (bicyclic) bond motifs is 1. The van der Waals surface area contributed by atoms with Crippen molar-refractivity contribution in [2.75, 3.05) is 5.73 Å². The number of hydrogen-bond acceptors (Lipinski definition) is 4. The third-order valence-electron chi connectivity index (χ3n) is 3.44. The zero-order valence-corrected chi connectivity index (χ0v) is 11.9. The molecular weight excluding hydrogens is 280 g/mol. The maximum Gasteiger partial charge on any atom is 0.153 e. The van der Waals surface area contributed by atoms with Crippen LogP contribution in [0.5, 0.6) is 0 Å². The average Bonchev–Trinajstić information content (AvgIpc) is 3.11. The molecule has 0 bridgehead atoms. The summed E-state index contributed by atoms with van der Waals surface area (Å²) in [5.74, 6) is 0.508. The van der Waals surface area contributed by atoms with E-state index in [1.807, 2.05) is 24.3 Å². The van der Waals surface area contributed by atoms with Crippen molar-refractivity contribution in [1.29, 1.82) is 0 Å². The molecule has 3 N–H and O–H groups in total. The van der Waals surface area contributed by atoms with Crippen LogP contribution in [0.4, 0.5) is 5.82 Å². The highest BCUT2D eigenvalue weighted by Crippen LogP contribution is 2.39. The summed E-state index contributed by atoms with van der Waals surface area (Å²) in [6.07, 6.45) is 3.52. The van der Waals surface area contributed by atoms with Gasteiger partial charge in [-0.1, -0.05) is 18.2 Å². The first-order valence-corrected chi connectivity index (χ1v) is 7.38. The first-order chi connectivity index (χ1) is 10.3. The van der Waals surface area contributed by atoms with E-state index in [1.165, 1.54) is 10.1 Å². The minimum atomic E-state index is 0.508. The zero-order chi connectivity index (χ0) is 14.2. The van der Waals surface area contributed by atoms with Crippen molar-refractivity contribution < 1.29 is 0 Å². The van der Waals surface area contributed by atoms with Crippen LogP contribution in [0, 0.1) is 0 Å². The molecule has 0 atom stereocenters. The highest BCUT2D eigenvalue weighted by Gasteiger charge is 2.16. The first kappa shape index (κ1) is 12.1. The van der Waals surface area contributed by atoms with Crippen LogP contribution >= 0.6 is 11.3 Å². The van der Waals surface area contributed by atoms with Gasteiger partial charge in [-0.3, -0.25) is 10.1 Å². The van der Waals surface area contributed by atoms with Crippen molar-refractivity contribution in [3.05, 3.63) is 54.9 Å². The maximum absolute atomic E-state index is 6.05. The Kier molecular flexibility index (Phi) is 2.72. The molecule has 5 heteroatoms. The van der Waals surface area contributed by atoms with Crippen LogP contribution in [0.15, 0.2) is 54.9 Å². The lowest BCUT2D eigenvalue weighted by molar-refractivity contribution is 1.11. The van der Waals surface area contributed by atoms with Crippen molar-refractivity contribution in [2.45, 2.75) is 0 Å². The van der Waals surface area contributed by atoms with Gasteiger partial charge in [0.05, 0.1) is 16.1 Å². The van der Waals surface area contributed by atoms with Gasteiger partial charge in [-0.05, 0) is 35.2 Å². The number of nitrogens with two attached hydrogens (primary N) is 1. The summed E-state index contributed by atoms with van der Waals surface area (Å²) >= 11 is 1.73. The number of pyridine rings is 1. The van der Waals surface area contributed by atoms with Crippen molar-refractivity contribution in [3.63, 3.8) is 0 Å². The Balaban J connectivity index is 1.93. The number of nitrogen functional groups attached to an aromatic ring is 1. The standard InChI is InChI=1S/C16H12N4S/c17-16-14(10-5-7-18-8-6-10)15(19-20-16)13-9-11-3-1-2-4-12(11)21-13/h1-9H,(H3,17,19,20). The Morgan fingerprint density at radius 2 is 1.86 bits per heavy atom. The topological polar surface area (TPSA) is 67.6 Å². The Labute approximate surface area is 125 Å². The van der Waals surface area contributed by atoms with Crippen molar-refractivity contribution in [3.8, 4) is 21.7 Å². The number of nitrogens with one attached hydrogen (secondary N) is 1. The van der Waals surface area contributed by atoms with Crippen LogP contribution in [0.25, 0.3) is 31.8 Å². The molecule has 0 saturated heterocycles. The second kappa shape index (κ2) is 4.71. The van der Waals surface area contributed by atoms with Crippen LogP contribution in [0.3, 0.4) is 0 Å². The van der Waals surface area contributed by atoms with Crippen LogP contribution in [0.1, 0.15) is 0 Å². The zero-order valence-electron chi connectivity index (χ0n) is 11.1. The summed E-state index contributed by atoms with van der Waals surface area (Å²) in [7, 11) is 0. The minimum absolute atomic E-state index is 0.508. The van der Waals surface area contributed by atoms with Crippen molar-refractivity contribution in [2.24, 2.45) is 0 Å². The number of aromatic amines is 1. The third-order valence-corrected chi connectivity index (χ3v) is 4.57. The fraction of sp³-hybridized carbons (Fsp3) is 0. The van der Waals surface area contributed by atoms with E-state index in [1.54, 1.807) is 23.7 Å². The molecule has 0 amide bonds. The summed E-state index contributed by atoms with van der Waals surface area (Å²) in [4.78, 5) is 5.18. The second-order valence-electron chi connectivity index (χ2n) is 4.74. The smallest absolute Gasteiger partial charge is 0.153 e. The molecule has 0 radical (unpaired) electrons. The summed E-state index contributed by atoms with van der Waals surface area (Å²) in [6.45, 7) is 0. The summed E-state index contributed by atoms with van der Waals surface area (Å²) < 4.78 is 1.25. The fourth-order valence-corrected chi connectivity index (χ4v) is 3.51. The van der Waals surface area contributed by atoms with Gasteiger partial charge in [0.25, 0.3) is 0 Å². The van der Waals surface area contributed by atoms with Gasteiger partial charge in [0.15, 0.2) is 5.82 Å². The lowest BCUT2D eigenvalue weighted by Gasteiger charge is -2.01. The van der Waals surface area contributed by atoms with E-state index in [2.05, 4.69) is 33.4 Å². The normalized spacial score (nSPS) is 11.0. The van der Waals surface area contributed by atoms with E-state index in [-0.39, 0.29) is 0 Å². The molecule has 0 aliphatic heterocycles. The Morgan fingerprint density at radius 1 is 1.05 bits per heavy atom. The number of aromatic nitrogens is 3. The molecule has 0 unspecified atom stereocenters. The fourth-order valence-electron chi connectivity index (χ4n) is 2.45. The van der Waals surface area contributed by atoms with Gasteiger partial charge in [0.1, 0.15) is 0 Å². The molecule has 0 fully saturated rings. The molecule has 0 saturated carbocycles. The largest absolute Gasteiger partial charge is 0.382 e. The predicted molar refractivity (Wildman–Crippen MR) is 87.1 cm³/mol. The number of rotatable bonds is 2. The number of benzene rings is 1. The molecule has 4 nitrogen and oxygen atoms in total. The van der Waals surface area contributed by atoms with Crippen molar-refractivity contribution >= 4 is 27.2 Å². The van der Waals surface area contributed by atoms with E-state index >= 15 is 0 Å². The Bertz CT molecular complexity index is 875. The maximum atomic E-state index is 6.05. The molecule has 102 valence electrons. The lowest BCUT2D eigenvalue weighted by Crippen LogP contribution is -1.88. The van der Waals surface area contributed by atoms with Gasteiger partial charge in [-0.2, -0.15) is 5.10 Å². The molecule has 3 heterocycles. The Morgan fingerprint density at radius 3 is 2.67 bits per heavy atom. The molecule has 0 spiro atoms. The monoisotopic (exact) mass is 292 g/mol. The predicted octanol–water partition coefficient (Wildman–Crippen LogP) is 3.94. The molecular formula is C16H12N4S. The number of nitrogens with zero attached hydrogens (tertiary/aromatic N) is 2. The number of H-pyrrole nitrogens is 1. The highest BCUT2D eigenvalue weighted by atomic mass is 32.1. The van der Waals surface area contributed by atoms with Crippen molar-refractivity contribution in [1.82, 2.24) is 15.2 Å². The van der Waals surface area contributed by atoms with Crippen LogP contribution in [-0.4, -0.2) is 15.2 Å². The van der Waals surface area contributed by atoms with Gasteiger partial charge in [-0.25, -0.2) is 0 Å². The van der Waals surface area contributed by atoms with E-state index in [0.29, 0.717) is 5.82 Å². The molecule has 4 rings (SSSR count). The molecule has 21 heavy (non-hydrogen) atoms. The van der Waals surface area contributed by atoms with Gasteiger partial charge in [0.2, 0.25) is 0 Å². The molecule has 1 aromatic carbocycles. The molecule has 4 aromatic rings. The summed E-state index contributed by atoms with van der Waals surface area (Å²) in [5, 5.41) is 8.47. The van der Waals surface area contributed by atoms with Crippen LogP contribution < -0.4 is 5.73 Å². The summed E-state index contributed by atoms with van der Waals surface area (Å²) in [6, 6.07) is 14.4. The van der Waals surface area contributed by atoms with Gasteiger partial charge >= 0.3 is 0 Å². The second-order valence-corrected chi connectivity index (χ2v) is 5.83. The summed E-state index contributed by atoms with van der Waals surface area (Å²) in [5.41, 5.74) is 8.96. The molecule has 0 aliphatic rings. The van der Waals surface area contributed by atoms with E-state index in [4.69, 9.17) is 5.73 Å². The molecule has 3 aromatic heterocycles. The lowest BCUT2D eigenvalue weighted by atomic mass is 10.1.